The zero-order chi connectivity index (χ0) is 10.4. The highest BCUT2D eigenvalue weighted by atomic mass is 79.9. The molecule has 0 atom stereocenters. The van der Waals surface area contributed by atoms with Crippen LogP contribution in [-0.4, -0.2) is 18.6 Å². The molecule has 0 bridgehead atoms. The Balaban J connectivity index is 2.83. The van der Waals surface area contributed by atoms with Crippen molar-refractivity contribution in [1.29, 1.82) is 0 Å². The summed E-state index contributed by atoms with van der Waals surface area (Å²) in [5.74, 6) is 0.655. The molecule has 0 spiro atoms. The molecule has 1 aromatic heterocycles. The first-order chi connectivity index (χ1) is 6.77. The monoisotopic (exact) mass is 256 g/mol. The summed E-state index contributed by atoms with van der Waals surface area (Å²) in [6.07, 6.45) is 3.42. The van der Waals surface area contributed by atoms with Gasteiger partial charge >= 0.3 is 0 Å². The van der Waals surface area contributed by atoms with E-state index in [9.17, 15) is 0 Å². The van der Waals surface area contributed by atoms with Crippen LogP contribution in [0.1, 0.15) is 5.56 Å². The largest absolute Gasteiger partial charge is 0.473 e. The SMILES string of the molecule is C=CCOc1ncc(Br)cc1CNC. The van der Waals surface area contributed by atoms with E-state index in [0.29, 0.717) is 12.5 Å². The summed E-state index contributed by atoms with van der Waals surface area (Å²) in [4.78, 5) is 4.18. The molecule has 1 heterocycles. The lowest BCUT2D eigenvalue weighted by atomic mass is 10.3. The summed E-state index contributed by atoms with van der Waals surface area (Å²) in [6, 6.07) is 1.99. The van der Waals surface area contributed by atoms with Crippen molar-refractivity contribution in [3.63, 3.8) is 0 Å². The van der Waals surface area contributed by atoms with Crippen molar-refractivity contribution in [2.45, 2.75) is 6.54 Å². The van der Waals surface area contributed by atoms with Crippen molar-refractivity contribution in [1.82, 2.24) is 10.3 Å². The molecule has 0 saturated carbocycles. The molecule has 0 saturated heterocycles. The fourth-order valence-corrected chi connectivity index (χ4v) is 1.43. The maximum atomic E-state index is 5.40. The molecule has 0 aliphatic rings. The molecular formula is C10H13BrN2O. The van der Waals surface area contributed by atoms with Gasteiger partial charge in [-0.2, -0.15) is 0 Å². The van der Waals surface area contributed by atoms with E-state index < -0.39 is 0 Å². The van der Waals surface area contributed by atoms with Gasteiger partial charge in [-0.15, -0.1) is 0 Å². The molecule has 1 aromatic rings. The minimum absolute atomic E-state index is 0.478. The van der Waals surface area contributed by atoms with Crippen LogP contribution in [0.5, 0.6) is 5.88 Å². The Kier molecular flexibility index (Phi) is 4.62. The number of ether oxygens (including phenoxy) is 1. The summed E-state index contributed by atoms with van der Waals surface area (Å²) in [5.41, 5.74) is 1.03. The molecule has 1 rings (SSSR count). The lowest BCUT2D eigenvalue weighted by Crippen LogP contribution is -2.08. The number of rotatable bonds is 5. The molecule has 0 radical (unpaired) electrons. The van der Waals surface area contributed by atoms with Crippen molar-refractivity contribution < 1.29 is 4.74 Å². The smallest absolute Gasteiger partial charge is 0.218 e. The number of nitrogens with one attached hydrogen (secondary N) is 1. The van der Waals surface area contributed by atoms with E-state index in [-0.39, 0.29) is 0 Å². The van der Waals surface area contributed by atoms with E-state index in [1.54, 1.807) is 12.3 Å². The summed E-state index contributed by atoms with van der Waals surface area (Å²) in [5, 5.41) is 3.06. The summed E-state index contributed by atoms with van der Waals surface area (Å²) in [7, 11) is 1.89. The van der Waals surface area contributed by atoms with Gasteiger partial charge in [0, 0.05) is 22.8 Å². The number of hydrogen-bond donors (Lipinski definition) is 1. The van der Waals surface area contributed by atoms with Gasteiger partial charge in [0.05, 0.1) is 0 Å². The fraction of sp³-hybridized carbons (Fsp3) is 0.300. The lowest BCUT2D eigenvalue weighted by Gasteiger charge is -2.08. The standard InChI is InChI=1S/C10H13BrN2O/c1-3-4-14-10-8(6-12-2)5-9(11)7-13-10/h3,5,7,12H,1,4,6H2,2H3. The third-order valence-corrected chi connectivity index (χ3v) is 2.03. The van der Waals surface area contributed by atoms with Crippen molar-refractivity contribution in [3.05, 3.63) is 35.0 Å². The Morgan fingerprint density at radius 3 is 3.14 bits per heavy atom. The van der Waals surface area contributed by atoms with E-state index in [1.807, 2.05) is 13.1 Å². The zero-order valence-corrected chi connectivity index (χ0v) is 9.67. The van der Waals surface area contributed by atoms with E-state index in [2.05, 4.69) is 32.8 Å². The Bertz CT molecular complexity index is 315. The number of halogens is 1. The molecule has 0 amide bonds. The van der Waals surface area contributed by atoms with E-state index >= 15 is 0 Å². The van der Waals surface area contributed by atoms with Crippen LogP contribution in [0.4, 0.5) is 0 Å². The molecule has 0 unspecified atom stereocenters. The Labute approximate surface area is 92.3 Å². The van der Waals surface area contributed by atoms with Crippen LogP contribution < -0.4 is 10.1 Å². The molecule has 4 heteroatoms. The second-order valence-corrected chi connectivity index (χ2v) is 3.66. The zero-order valence-electron chi connectivity index (χ0n) is 8.09. The van der Waals surface area contributed by atoms with Gasteiger partial charge in [-0.05, 0) is 29.0 Å². The highest BCUT2D eigenvalue weighted by Crippen LogP contribution is 2.19. The minimum Gasteiger partial charge on any atom is -0.473 e. The predicted molar refractivity (Wildman–Crippen MR) is 60.4 cm³/mol. The van der Waals surface area contributed by atoms with E-state index in [4.69, 9.17) is 4.74 Å². The maximum absolute atomic E-state index is 5.40. The van der Waals surface area contributed by atoms with Crippen LogP contribution >= 0.6 is 15.9 Å². The molecule has 76 valence electrons. The fourth-order valence-electron chi connectivity index (χ4n) is 1.05. The molecule has 1 N–H and O–H groups in total. The molecular weight excluding hydrogens is 244 g/mol. The summed E-state index contributed by atoms with van der Waals surface area (Å²) in [6.45, 7) is 4.80. The van der Waals surface area contributed by atoms with E-state index in [0.717, 1.165) is 16.6 Å². The van der Waals surface area contributed by atoms with Crippen molar-refractivity contribution in [2.24, 2.45) is 0 Å². The van der Waals surface area contributed by atoms with Gasteiger partial charge in [-0.25, -0.2) is 4.98 Å². The second kappa shape index (κ2) is 5.78. The van der Waals surface area contributed by atoms with Crippen LogP contribution in [0.3, 0.4) is 0 Å². The topological polar surface area (TPSA) is 34.1 Å². The van der Waals surface area contributed by atoms with Crippen LogP contribution in [-0.2, 0) is 6.54 Å². The van der Waals surface area contributed by atoms with Crippen LogP contribution in [0.15, 0.2) is 29.4 Å². The highest BCUT2D eigenvalue weighted by molar-refractivity contribution is 9.10. The Morgan fingerprint density at radius 1 is 1.71 bits per heavy atom. The number of hydrogen-bond acceptors (Lipinski definition) is 3. The van der Waals surface area contributed by atoms with Crippen LogP contribution in [0.25, 0.3) is 0 Å². The van der Waals surface area contributed by atoms with Crippen molar-refractivity contribution in [3.8, 4) is 5.88 Å². The van der Waals surface area contributed by atoms with Crippen molar-refractivity contribution >= 4 is 15.9 Å². The van der Waals surface area contributed by atoms with Gasteiger partial charge in [0.25, 0.3) is 0 Å². The number of nitrogens with zero attached hydrogens (tertiary/aromatic N) is 1. The predicted octanol–water partition coefficient (Wildman–Crippen LogP) is 2.13. The maximum Gasteiger partial charge on any atom is 0.218 e. The summed E-state index contributed by atoms with van der Waals surface area (Å²) >= 11 is 3.37. The van der Waals surface area contributed by atoms with Crippen LogP contribution in [0, 0.1) is 0 Å². The Morgan fingerprint density at radius 2 is 2.50 bits per heavy atom. The van der Waals surface area contributed by atoms with Gasteiger partial charge < -0.3 is 10.1 Å². The summed E-state index contributed by atoms with van der Waals surface area (Å²) < 4.78 is 6.36. The first-order valence-electron chi connectivity index (χ1n) is 4.30. The lowest BCUT2D eigenvalue weighted by molar-refractivity contribution is 0.343. The number of pyridine rings is 1. The van der Waals surface area contributed by atoms with Gasteiger partial charge in [0.15, 0.2) is 0 Å². The molecule has 0 aliphatic carbocycles. The molecule has 3 nitrogen and oxygen atoms in total. The Hall–Kier alpha value is -0.870. The first kappa shape index (κ1) is 11.2. The van der Waals surface area contributed by atoms with Gasteiger partial charge in [0.1, 0.15) is 6.61 Å². The molecule has 14 heavy (non-hydrogen) atoms. The van der Waals surface area contributed by atoms with Crippen LogP contribution in [0.2, 0.25) is 0 Å². The third-order valence-electron chi connectivity index (χ3n) is 1.60. The van der Waals surface area contributed by atoms with E-state index in [1.165, 1.54) is 0 Å². The first-order valence-corrected chi connectivity index (χ1v) is 5.10. The minimum atomic E-state index is 0.478. The average molecular weight is 257 g/mol. The highest BCUT2D eigenvalue weighted by Gasteiger charge is 2.04. The average Bonchev–Trinajstić information content (AvgIpc) is 2.17. The molecule has 0 aliphatic heterocycles. The van der Waals surface area contributed by atoms with Crippen molar-refractivity contribution in [2.75, 3.05) is 13.7 Å². The van der Waals surface area contributed by atoms with Gasteiger partial charge in [0.2, 0.25) is 5.88 Å². The molecule has 0 aromatic carbocycles. The van der Waals surface area contributed by atoms with Gasteiger partial charge in [-0.1, -0.05) is 12.7 Å². The number of aromatic nitrogens is 1. The quantitative estimate of drug-likeness (QED) is 0.820. The normalized spacial score (nSPS) is 9.86. The second-order valence-electron chi connectivity index (χ2n) is 2.75. The molecule has 0 fully saturated rings. The van der Waals surface area contributed by atoms with Gasteiger partial charge in [-0.3, -0.25) is 0 Å². The third kappa shape index (κ3) is 3.12.